The maximum Gasteiger partial charge on any atom is 0.218 e. The number of aromatic nitrogens is 2. The van der Waals surface area contributed by atoms with E-state index >= 15 is 0 Å². The van der Waals surface area contributed by atoms with Crippen molar-refractivity contribution in [1.82, 2.24) is 20.6 Å². The van der Waals surface area contributed by atoms with Crippen LogP contribution in [0, 0.1) is 0 Å². The molecule has 25 heavy (non-hydrogen) atoms. The Morgan fingerprint density at radius 2 is 2.04 bits per heavy atom. The van der Waals surface area contributed by atoms with Crippen LogP contribution in [0.2, 0.25) is 0 Å². The van der Waals surface area contributed by atoms with Crippen molar-refractivity contribution in [3.63, 3.8) is 0 Å². The van der Waals surface area contributed by atoms with Crippen LogP contribution in [0.3, 0.4) is 0 Å². The van der Waals surface area contributed by atoms with Gasteiger partial charge in [0.05, 0.1) is 13.2 Å². The van der Waals surface area contributed by atoms with Gasteiger partial charge >= 0.3 is 0 Å². The third kappa shape index (κ3) is 7.15. The van der Waals surface area contributed by atoms with E-state index in [-0.39, 0.29) is 24.0 Å². The first kappa shape index (κ1) is 21.6. The number of pyridine rings is 1. The summed E-state index contributed by atoms with van der Waals surface area (Å²) in [6.07, 6.45) is 5.66. The molecule has 2 aromatic heterocycles. The van der Waals surface area contributed by atoms with Crippen molar-refractivity contribution in [3.05, 3.63) is 40.0 Å². The molecule has 2 rings (SSSR count). The number of aliphatic imine (C=N–C) groups is 1. The summed E-state index contributed by atoms with van der Waals surface area (Å²) in [7, 11) is 1.76. The summed E-state index contributed by atoms with van der Waals surface area (Å²) in [5, 5.41) is 7.63. The second-order valence-electron chi connectivity index (χ2n) is 5.17. The Bertz CT molecular complexity index is 662. The molecule has 0 saturated carbocycles. The highest BCUT2D eigenvalue weighted by Gasteiger charge is 2.06. The van der Waals surface area contributed by atoms with E-state index in [0.717, 1.165) is 29.4 Å². The summed E-state index contributed by atoms with van der Waals surface area (Å²) in [6, 6.07) is 3.92. The van der Waals surface area contributed by atoms with Crippen LogP contribution < -0.4 is 15.4 Å². The van der Waals surface area contributed by atoms with Crippen molar-refractivity contribution in [2.45, 2.75) is 39.8 Å². The van der Waals surface area contributed by atoms with E-state index in [4.69, 9.17) is 4.74 Å². The molecule has 0 radical (unpaired) electrons. The van der Waals surface area contributed by atoms with Gasteiger partial charge in [0.1, 0.15) is 5.01 Å². The number of nitrogens with zero attached hydrogens (tertiary/aromatic N) is 3. The lowest BCUT2D eigenvalue weighted by atomic mass is 10.2. The normalized spacial score (nSPS) is 10.9. The zero-order chi connectivity index (χ0) is 17.2. The second-order valence-corrected chi connectivity index (χ2v) is 6.37. The minimum absolute atomic E-state index is 0. The minimum atomic E-state index is 0. The van der Waals surface area contributed by atoms with Crippen LogP contribution in [0.4, 0.5) is 0 Å². The summed E-state index contributed by atoms with van der Waals surface area (Å²) in [4.78, 5) is 14.2. The Labute approximate surface area is 170 Å². The van der Waals surface area contributed by atoms with E-state index in [1.165, 1.54) is 4.88 Å². The van der Waals surface area contributed by atoms with Crippen LogP contribution in [0.15, 0.2) is 29.5 Å². The summed E-state index contributed by atoms with van der Waals surface area (Å²) < 4.78 is 5.68. The molecule has 0 saturated heterocycles. The van der Waals surface area contributed by atoms with E-state index in [1.807, 2.05) is 18.3 Å². The number of aryl methyl sites for hydroxylation is 1. The number of hydrogen-bond donors (Lipinski definition) is 2. The Hall–Kier alpha value is -1.42. The summed E-state index contributed by atoms with van der Waals surface area (Å²) >= 11 is 1.72. The van der Waals surface area contributed by atoms with Gasteiger partial charge in [-0.05, 0) is 18.9 Å². The average molecular weight is 475 g/mol. The Kier molecular flexibility index (Phi) is 10.4. The fraction of sp³-hybridized carbons (Fsp3) is 0.471. The zero-order valence-electron chi connectivity index (χ0n) is 14.9. The van der Waals surface area contributed by atoms with Gasteiger partial charge in [-0.2, -0.15) is 0 Å². The second kappa shape index (κ2) is 12.0. The van der Waals surface area contributed by atoms with Gasteiger partial charge in [-0.1, -0.05) is 19.9 Å². The molecular formula is C17H26IN5OS. The van der Waals surface area contributed by atoms with E-state index in [9.17, 15) is 0 Å². The van der Waals surface area contributed by atoms with Crippen molar-refractivity contribution >= 4 is 41.3 Å². The average Bonchev–Trinajstić information content (AvgIpc) is 3.09. The van der Waals surface area contributed by atoms with Gasteiger partial charge in [0.25, 0.3) is 0 Å². The molecule has 0 aliphatic rings. The molecule has 138 valence electrons. The van der Waals surface area contributed by atoms with Gasteiger partial charge in [0.15, 0.2) is 5.96 Å². The molecule has 0 bridgehead atoms. The molecule has 0 aromatic carbocycles. The van der Waals surface area contributed by atoms with Crippen LogP contribution in [0.25, 0.3) is 0 Å². The van der Waals surface area contributed by atoms with Crippen LogP contribution in [-0.2, 0) is 19.5 Å². The van der Waals surface area contributed by atoms with Gasteiger partial charge in [0, 0.05) is 36.4 Å². The van der Waals surface area contributed by atoms with Crippen LogP contribution in [0.1, 0.15) is 35.7 Å². The lowest BCUT2D eigenvalue weighted by Gasteiger charge is -2.13. The fourth-order valence-electron chi connectivity index (χ4n) is 2.04. The Morgan fingerprint density at radius 3 is 2.72 bits per heavy atom. The maximum atomic E-state index is 5.68. The van der Waals surface area contributed by atoms with E-state index < -0.39 is 0 Å². The molecule has 2 N–H and O–H groups in total. The number of rotatable bonds is 8. The van der Waals surface area contributed by atoms with Crippen molar-refractivity contribution in [2.75, 3.05) is 13.7 Å². The minimum Gasteiger partial charge on any atom is -0.477 e. The summed E-state index contributed by atoms with van der Waals surface area (Å²) in [5.41, 5.74) is 1.01. The largest absolute Gasteiger partial charge is 0.477 e. The molecule has 0 spiro atoms. The molecular weight excluding hydrogens is 449 g/mol. The van der Waals surface area contributed by atoms with Crippen molar-refractivity contribution in [2.24, 2.45) is 4.99 Å². The maximum absolute atomic E-state index is 5.68. The van der Waals surface area contributed by atoms with E-state index in [2.05, 4.69) is 39.4 Å². The van der Waals surface area contributed by atoms with Crippen LogP contribution in [-0.4, -0.2) is 29.6 Å². The molecule has 0 atom stereocenters. The first-order valence-corrected chi connectivity index (χ1v) is 9.03. The molecule has 0 fully saturated rings. The predicted octanol–water partition coefficient (Wildman–Crippen LogP) is 3.37. The van der Waals surface area contributed by atoms with Crippen molar-refractivity contribution < 1.29 is 4.74 Å². The van der Waals surface area contributed by atoms with Crippen LogP contribution in [0.5, 0.6) is 5.88 Å². The molecule has 0 unspecified atom stereocenters. The molecule has 0 aliphatic heterocycles. The third-order valence-corrected chi connectivity index (χ3v) is 4.46. The molecule has 2 heterocycles. The monoisotopic (exact) mass is 475 g/mol. The zero-order valence-corrected chi connectivity index (χ0v) is 18.1. The van der Waals surface area contributed by atoms with Crippen molar-refractivity contribution in [3.8, 4) is 5.88 Å². The van der Waals surface area contributed by atoms with Crippen LogP contribution >= 0.6 is 35.3 Å². The molecule has 2 aromatic rings. The highest BCUT2D eigenvalue weighted by atomic mass is 127. The van der Waals surface area contributed by atoms with Crippen molar-refractivity contribution in [1.29, 1.82) is 0 Å². The fourth-order valence-corrected chi connectivity index (χ4v) is 2.84. The van der Waals surface area contributed by atoms with E-state index in [1.54, 1.807) is 24.6 Å². The Morgan fingerprint density at radius 1 is 1.24 bits per heavy atom. The SMILES string of the molecule is CCCOc1ncccc1CNC(=NC)NCc1ncc(CC)s1.I. The number of ether oxygens (including phenoxy) is 1. The number of hydrogen-bond acceptors (Lipinski definition) is 5. The quantitative estimate of drug-likeness (QED) is 0.348. The lowest BCUT2D eigenvalue weighted by Crippen LogP contribution is -2.36. The molecule has 8 heteroatoms. The van der Waals surface area contributed by atoms with Gasteiger partial charge < -0.3 is 15.4 Å². The van der Waals surface area contributed by atoms with Gasteiger partial charge in [0.2, 0.25) is 5.88 Å². The third-order valence-electron chi connectivity index (χ3n) is 3.32. The standard InChI is InChI=1S/C17H25N5OS.HI/c1-4-9-23-16-13(7-6-8-19-16)10-21-17(18-3)22-12-15-20-11-14(5-2)24-15;/h6-8,11H,4-5,9-10,12H2,1-3H3,(H2,18,21,22);1H. The topological polar surface area (TPSA) is 71.4 Å². The first-order valence-electron chi connectivity index (χ1n) is 8.21. The van der Waals surface area contributed by atoms with Gasteiger partial charge in [-0.15, -0.1) is 35.3 Å². The lowest BCUT2D eigenvalue weighted by molar-refractivity contribution is 0.301. The highest BCUT2D eigenvalue weighted by molar-refractivity contribution is 14.0. The van der Waals surface area contributed by atoms with E-state index in [0.29, 0.717) is 25.6 Å². The summed E-state index contributed by atoms with van der Waals surface area (Å²) in [6.45, 7) is 6.15. The number of guanidine groups is 1. The number of halogens is 1. The molecule has 0 amide bonds. The number of nitrogens with one attached hydrogen (secondary N) is 2. The first-order chi connectivity index (χ1) is 11.8. The summed E-state index contributed by atoms with van der Waals surface area (Å²) in [5.74, 6) is 1.41. The van der Waals surface area contributed by atoms with Gasteiger partial charge in [-0.25, -0.2) is 9.97 Å². The molecule has 6 nitrogen and oxygen atoms in total. The van der Waals surface area contributed by atoms with Gasteiger partial charge in [-0.3, -0.25) is 4.99 Å². The highest BCUT2D eigenvalue weighted by Crippen LogP contribution is 2.14. The Balaban J connectivity index is 0.00000312. The molecule has 0 aliphatic carbocycles. The number of thiazole rings is 1. The smallest absolute Gasteiger partial charge is 0.218 e. The predicted molar refractivity (Wildman–Crippen MR) is 114 cm³/mol.